The highest BCUT2D eigenvalue weighted by Gasteiger charge is 2.15. The monoisotopic (exact) mass is 294 g/mol. The number of hydrogen-bond donors (Lipinski definition) is 2. The van der Waals surface area contributed by atoms with Gasteiger partial charge in [0.2, 0.25) is 0 Å². The second-order valence-electron chi connectivity index (χ2n) is 5.85. The maximum Gasteiger partial charge on any atom is 0.332 e. The quantitative estimate of drug-likeness (QED) is 0.772. The molecule has 7 heteroatoms. The van der Waals surface area contributed by atoms with Crippen molar-refractivity contribution in [2.75, 3.05) is 0 Å². The number of aromatic nitrogens is 4. The van der Waals surface area contributed by atoms with Crippen LogP contribution >= 0.6 is 0 Å². The molecule has 0 aromatic carbocycles. The Balaban J connectivity index is 2.28. The first kappa shape index (κ1) is 15.5. The lowest BCUT2D eigenvalue weighted by Crippen LogP contribution is -2.40. The highest BCUT2D eigenvalue weighted by molar-refractivity contribution is 5.68. The Labute approximate surface area is 122 Å². The third-order valence-corrected chi connectivity index (χ3v) is 3.53. The second kappa shape index (κ2) is 5.85. The molecule has 0 aliphatic rings. The molecule has 0 aliphatic heterocycles. The number of nitrogens with zero attached hydrogens (tertiary/aromatic N) is 3. The van der Waals surface area contributed by atoms with Crippen molar-refractivity contribution in [3.05, 3.63) is 27.2 Å². The molecule has 7 nitrogen and oxygen atoms in total. The zero-order valence-corrected chi connectivity index (χ0v) is 12.7. The molecule has 0 bridgehead atoms. The largest absolute Gasteiger partial charge is 0.390 e. The molecule has 2 heterocycles. The molecule has 0 saturated heterocycles. The minimum atomic E-state index is -0.720. The molecule has 0 saturated carbocycles. The Hall–Kier alpha value is -1.89. The molecule has 0 radical (unpaired) electrons. The third-order valence-electron chi connectivity index (χ3n) is 3.53. The van der Waals surface area contributed by atoms with E-state index in [1.165, 1.54) is 15.5 Å². The molecular formula is C14H22N4O3. The van der Waals surface area contributed by atoms with Gasteiger partial charge in [-0.05, 0) is 40.0 Å². The van der Waals surface area contributed by atoms with E-state index < -0.39 is 5.60 Å². The minimum absolute atomic E-state index is 0.328. The van der Waals surface area contributed by atoms with Gasteiger partial charge in [0.1, 0.15) is 5.52 Å². The molecular weight excluding hydrogens is 272 g/mol. The Morgan fingerprint density at radius 1 is 1.29 bits per heavy atom. The number of rotatable bonds is 6. The first-order valence-electron chi connectivity index (χ1n) is 7.24. The van der Waals surface area contributed by atoms with Crippen molar-refractivity contribution in [2.45, 2.75) is 58.7 Å². The summed E-state index contributed by atoms with van der Waals surface area (Å²) in [6.45, 7) is 6.16. The molecule has 0 fully saturated rings. The summed E-state index contributed by atoms with van der Waals surface area (Å²) in [4.78, 5) is 31.5. The lowest BCUT2D eigenvalue weighted by molar-refractivity contribution is 0.0678. The number of aryl methyl sites for hydroxylation is 1. The van der Waals surface area contributed by atoms with Crippen molar-refractivity contribution in [3.8, 4) is 0 Å². The van der Waals surface area contributed by atoms with Crippen LogP contribution in [-0.2, 0) is 13.1 Å². The first-order chi connectivity index (χ1) is 9.85. The number of unbranched alkanes of at least 4 members (excludes halogenated alkanes) is 1. The number of H-pyrrole nitrogens is 1. The van der Waals surface area contributed by atoms with Crippen LogP contribution in [-0.4, -0.2) is 29.8 Å². The van der Waals surface area contributed by atoms with Crippen LogP contribution < -0.4 is 11.2 Å². The van der Waals surface area contributed by atoms with Gasteiger partial charge in [0.05, 0.1) is 11.9 Å². The summed E-state index contributed by atoms with van der Waals surface area (Å²) in [6.07, 6.45) is 3.48. The molecule has 0 spiro atoms. The summed E-state index contributed by atoms with van der Waals surface area (Å²) in [6, 6.07) is 0. The summed E-state index contributed by atoms with van der Waals surface area (Å²) >= 11 is 0. The standard InChI is InChI=1S/C14H22N4O3/c1-4-17-11-10(15-9-16-11)12(19)18(13(17)20)8-6-5-7-14(2,3)21/h9,21H,4-8H2,1-3H3,(H,15,16). The number of nitrogens with one attached hydrogen (secondary N) is 1. The number of aromatic amines is 1. The van der Waals surface area contributed by atoms with Crippen LogP contribution in [0.25, 0.3) is 11.2 Å². The van der Waals surface area contributed by atoms with Gasteiger partial charge in [-0.25, -0.2) is 9.78 Å². The fourth-order valence-electron chi connectivity index (χ4n) is 2.42. The minimum Gasteiger partial charge on any atom is -0.390 e. The smallest absolute Gasteiger partial charge is 0.332 e. The predicted molar refractivity (Wildman–Crippen MR) is 80.4 cm³/mol. The van der Waals surface area contributed by atoms with Gasteiger partial charge in [-0.1, -0.05) is 0 Å². The maximum absolute atomic E-state index is 12.3. The van der Waals surface area contributed by atoms with Crippen molar-refractivity contribution in [2.24, 2.45) is 0 Å². The molecule has 116 valence electrons. The van der Waals surface area contributed by atoms with E-state index in [0.717, 1.165) is 6.42 Å². The molecule has 21 heavy (non-hydrogen) atoms. The van der Waals surface area contributed by atoms with Crippen molar-refractivity contribution >= 4 is 11.2 Å². The SMILES string of the molecule is CCn1c(=O)n(CCCCC(C)(C)O)c(=O)c2[nH]cnc21. The van der Waals surface area contributed by atoms with Gasteiger partial charge in [0, 0.05) is 13.1 Å². The molecule has 0 unspecified atom stereocenters. The second-order valence-corrected chi connectivity index (χ2v) is 5.85. The van der Waals surface area contributed by atoms with E-state index in [4.69, 9.17) is 0 Å². The molecule has 0 aliphatic carbocycles. The zero-order chi connectivity index (χ0) is 15.6. The number of aliphatic hydroxyl groups is 1. The van der Waals surface area contributed by atoms with Gasteiger partial charge in [-0.3, -0.25) is 13.9 Å². The Morgan fingerprint density at radius 2 is 2.00 bits per heavy atom. The maximum atomic E-state index is 12.3. The Morgan fingerprint density at radius 3 is 2.62 bits per heavy atom. The van der Waals surface area contributed by atoms with E-state index in [0.29, 0.717) is 37.1 Å². The van der Waals surface area contributed by atoms with Crippen LogP contribution in [0.5, 0.6) is 0 Å². The highest BCUT2D eigenvalue weighted by atomic mass is 16.3. The Kier molecular flexibility index (Phi) is 4.32. The predicted octanol–water partition coefficient (Wildman–Crippen LogP) is 0.847. The first-order valence-corrected chi connectivity index (χ1v) is 7.24. The summed E-state index contributed by atoms with van der Waals surface area (Å²) in [7, 11) is 0. The summed E-state index contributed by atoms with van der Waals surface area (Å²) in [5, 5.41) is 9.67. The average Bonchev–Trinajstić information content (AvgIpc) is 2.86. The van der Waals surface area contributed by atoms with Gasteiger partial charge in [-0.2, -0.15) is 0 Å². The number of imidazole rings is 1. The molecule has 0 amide bonds. The average molecular weight is 294 g/mol. The van der Waals surface area contributed by atoms with Crippen molar-refractivity contribution in [3.63, 3.8) is 0 Å². The highest BCUT2D eigenvalue weighted by Crippen LogP contribution is 2.12. The number of hydrogen-bond acceptors (Lipinski definition) is 4. The van der Waals surface area contributed by atoms with Crippen molar-refractivity contribution in [1.29, 1.82) is 0 Å². The van der Waals surface area contributed by atoms with Crippen LogP contribution in [0.2, 0.25) is 0 Å². The van der Waals surface area contributed by atoms with E-state index in [-0.39, 0.29) is 11.2 Å². The van der Waals surface area contributed by atoms with Crippen LogP contribution in [0.1, 0.15) is 40.0 Å². The Bertz CT molecular complexity index is 733. The van der Waals surface area contributed by atoms with Crippen LogP contribution in [0.15, 0.2) is 15.9 Å². The molecule has 2 N–H and O–H groups in total. The van der Waals surface area contributed by atoms with Crippen LogP contribution in [0.4, 0.5) is 0 Å². The van der Waals surface area contributed by atoms with Gasteiger partial charge in [-0.15, -0.1) is 0 Å². The van der Waals surface area contributed by atoms with Crippen molar-refractivity contribution < 1.29 is 5.11 Å². The fraction of sp³-hybridized carbons (Fsp3) is 0.643. The molecule has 2 aromatic heterocycles. The number of fused-ring (bicyclic) bond motifs is 1. The van der Waals surface area contributed by atoms with E-state index in [1.807, 2.05) is 6.92 Å². The molecule has 2 aromatic rings. The van der Waals surface area contributed by atoms with E-state index in [2.05, 4.69) is 9.97 Å². The molecule has 2 rings (SSSR count). The topological polar surface area (TPSA) is 92.9 Å². The van der Waals surface area contributed by atoms with Crippen LogP contribution in [0, 0.1) is 0 Å². The van der Waals surface area contributed by atoms with Gasteiger partial charge in [0.15, 0.2) is 5.65 Å². The van der Waals surface area contributed by atoms with Gasteiger partial charge in [0.25, 0.3) is 5.56 Å². The van der Waals surface area contributed by atoms with Gasteiger partial charge >= 0.3 is 5.69 Å². The summed E-state index contributed by atoms with van der Waals surface area (Å²) in [5.41, 5.74) is -0.618. The summed E-state index contributed by atoms with van der Waals surface area (Å²) < 4.78 is 2.73. The fourth-order valence-corrected chi connectivity index (χ4v) is 2.42. The lowest BCUT2D eigenvalue weighted by Gasteiger charge is -2.16. The molecule has 0 atom stereocenters. The third kappa shape index (κ3) is 3.24. The normalized spacial score (nSPS) is 12.2. The summed E-state index contributed by atoms with van der Waals surface area (Å²) in [5.74, 6) is 0. The van der Waals surface area contributed by atoms with E-state index >= 15 is 0 Å². The zero-order valence-electron chi connectivity index (χ0n) is 12.7. The van der Waals surface area contributed by atoms with Gasteiger partial charge < -0.3 is 10.1 Å². The van der Waals surface area contributed by atoms with Crippen LogP contribution in [0.3, 0.4) is 0 Å². The van der Waals surface area contributed by atoms with E-state index in [9.17, 15) is 14.7 Å². The van der Waals surface area contributed by atoms with Crippen molar-refractivity contribution in [1.82, 2.24) is 19.1 Å². The van der Waals surface area contributed by atoms with E-state index in [1.54, 1.807) is 13.8 Å². The lowest BCUT2D eigenvalue weighted by atomic mass is 10.0.